The molecule has 0 saturated heterocycles. The molecular weight excluding hydrogens is 686 g/mol. The Hall–Kier alpha value is -3.14. The molecule has 4 nitrogen and oxygen atoms in total. The minimum atomic E-state index is -6.39. The number of amides is 2. The molecule has 0 bridgehead atoms. The van der Waals surface area contributed by atoms with E-state index in [0.29, 0.717) is 0 Å². The molecule has 16 heteroatoms. The molecule has 0 atom stereocenters. The maximum atomic E-state index is 15.0. The number of halogens is 12. The van der Waals surface area contributed by atoms with Gasteiger partial charge in [-0.2, -0.15) is 26.3 Å². The number of hydrogen-bond donors (Lipinski definition) is 2. The van der Waals surface area contributed by atoms with Gasteiger partial charge in [-0.05, 0) is 68.3 Å². The van der Waals surface area contributed by atoms with Crippen molar-refractivity contribution < 1.29 is 53.5 Å². The van der Waals surface area contributed by atoms with E-state index >= 15 is 4.39 Å². The summed E-state index contributed by atoms with van der Waals surface area (Å²) in [4.78, 5) is 25.0. The molecule has 0 aliphatic heterocycles. The zero-order chi connectivity index (χ0) is 29.5. The van der Waals surface area contributed by atoms with Crippen LogP contribution in [0.2, 0.25) is 0 Å². The van der Waals surface area contributed by atoms with Crippen LogP contribution in [-0.4, -0.2) is 24.2 Å². The molecule has 0 fully saturated rings. The molecule has 2 amide bonds. The Kier molecular flexibility index (Phi) is 8.41. The number of carbonyl (C=O) groups is 2. The molecule has 0 aromatic heterocycles. The van der Waals surface area contributed by atoms with Crippen molar-refractivity contribution in [2.45, 2.75) is 18.0 Å². The van der Waals surface area contributed by atoms with Gasteiger partial charge in [-0.15, -0.1) is 0 Å². The number of alkyl halides is 7. The topological polar surface area (TPSA) is 58.2 Å². The Morgan fingerprint density at radius 3 is 1.67 bits per heavy atom. The summed E-state index contributed by atoms with van der Waals surface area (Å²) in [5.74, 6) is -6.62. The zero-order valence-corrected chi connectivity index (χ0v) is 21.6. The summed E-state index contributed by atoms with van der Waals surface area (Å²) in [6, 6.07) is 5.69. The second kappa shape index (κ2) is 10.8. The van der Waals surface area contributed by atoms with Crippen LogP contribution in [-0.2, 0) is 5.67 Å². The van der Waals surface area contributed by atoms with E-state index in [4.69, 9.17) is 0 Å². The van der Waals surface area contributed by atoms with E-state index in [1.165, 1.54) is 0 Å². The smallest absolute Gasteiger partial charge is 0.320 e. The summed E-state index contributed by atoms with van der Waals surface area (Å²) in [7, 11) is 0. The first-order valence-electron chi connectivity index (χ1n) is 10.1. The van der Waals surface area contributed by atoms with Gasteiger partial charge < -0.3 is 10.6 Å². The van der Waals surface area contributed by atoms with Gasteiger partial charge in [0.15, 0.2) is 5.82 Å². The van der Waals surface area contributed by atoms with Crippen molar-refractivity contribution >= 4 is 55.0 Å². The van der Waals surface area contributed by atoms with Crippen molar-refractivity contribution in [2.75, 3.05) is 10.6 Å². The standard InChI is InChI=1S/C23H10Br2F10N2O2/c24-11-7-9(21(29,22(30,31)32)23(33,34)35)8-12(25)18(11)37-19(38)10-3-1-6-15(17(10)28)36-20(39)16-13(26)4-2-5-14(16)27/h1-8H,(H,36,39)(H,37,38). The van der Waals surface area contributed by atoms with Crippen molar-refractivity contribution in [1.29, 1.82) is 0 Å². The molecule has 3 aromatic rings. The maximum absolute atomic E-state index is 15.0. The fourth-order valence-corrected chi connectivity index (χ4v) is 4.65. The molecule has 3 aromatic carbocycles. The molecular formula is C23H10Br2F10N2O2. The first kappa shape index (κ1) is 30.4. The van der Waals surface area contributed by atoms with Crippen LogP contribution < -0.4 is 10.6 Å². The van der Waals surface area contributed by atoms with E-state index in [1.54, 1.807) is 0 Å². The van der Waals surface area contributed by atoms with Crippen LogP contribution in [0.15, 0.2) is 57.5 Å². The monoisotopic (exact) mass is 694 g/mol. The first-order chi connectivity index (χ1) is 17.9. The highest BCUT2D eigenvalue weighted by atomic mass is 79.9. The molecule has 0 saturated carbocycles. The zero-order valence-electron chi connectivity index (χ0n) is 18.5. The average molecular weight is 696 g/mol. The van der Waals surface area contributed by atoms with Crippen LogP contribution in [0.25, 0.3) is 0 Å². The fraction of sp³-hybridized carbons (Fsp3) is 0.130. The summed E-state index contributed by atoms with van der Waals surface area (Å²) in [6.07, 6.45) is -12.8. The van der Waals surface area contributed by atoms with E-state index in [0.717, 1.165) is 36.4 Å². The van der Waals surface area contributed by atoms with Gasteiger partial charge in [-0.3, -0.25) is 9.59 Å². The third-order valence-electron chi connectivity index (χ3n) is 5.14. The third kappa shape index (κ3) is 5.76. The first-order valence-corrected chi connectivity index (χ1v) is 11.7. The summed E-state index contributed by atoms with van der Waals surface area (Å²) in [5.41, 5.74) is -10.7. The molecule has 3 rings (SSSR count). The van der Waals surface area contributed by atoms with Crippen LogP contribution in [0.3, 0.4) is 0 Å². The predicted octanol–water partition coefficient (Wildman–Crippen LogP) is 8.42. The van der Waals surface area contributed by atoms with Crippen LogP contribution in [0, 0.1) is 17.5 Å². The van der Waals surface area contributed by atoms with Crippen molar-refractivity contribution in [2.24, 2.45) is 0 Å². The van der Waals surface area contributed by atoms with Crippen molar-refractivity contribution in [3.63, 3.8) is 0 Å². The molecule has 0 unspecified atom stereocenters. The molecule has 0 aliphatic carbocycles. The summed E-state index contributed by atoms with van der Waals surface area (Å²) in [6.45, 7) is 0. The lowest BCUT2D eigenvalue weighted by Gasteiger charge is -2.31. The number of benzene rings is 3. The molecule has 2 N–H and O–H groups in total. The van der Waals surface area contributed by atoms with E-state index < -0.39 is 84.3 Å². The van der Waals surface area contributed by atoms with Crippen LogP contribution in [0.1, 0.15) is 26.3 Å². The minimum Gasteiger partial charge on any atom is -0.320 e. The van der Waals surface area contributed by atoms with E-state index in [9.17, 15) is 49.1 Å². The van der Waals surface area contributed by atoms with Gasteiger partial charge >= 0.3 is 18.0 Å². The maximum Gasteiger partial charge on any atom is 0.435 e. The van der Waals surface area contributed by atoms with E-state index in [-0.39, 0.29) is 12.1 Å². The Balaban J connectivity index is 1.94. The second-order valence-electron chi connectivity index (χ2n) is 7.64. The summed E-state index contributed by atoms with van der Waals surface area (Å²) < 4.78 is 134. The third-order valence-corrected chi connectivity index (χ3v) is 6.39. The molecule has 208 valence electrons. The lowest BCUT2D eigenvalue weighted by Crippen LogP contribution is -2.50. The largest absolute Gasteiger partial charge is 0.435 e. The quantitative estimate of drug-likeness (QED) is 0.264. The van der Waals surface area contributed by atoms with Crippen molar-refractivity contribution in [3.05, 3.63) is 91.6 Å². The van der Waals surface area contributed by atoms with Gasteiger partial charge in [-0.25, -0.2) is 17.6 Å². The molecule has 0 radical (unpaired) electrons. The molecule has 0 spiro atoms. The normalized spacial score (nSPS) is 12.3. The molecule has 0 aliphatic rings. The number of carbonyl (C=O) groups excluding carboxylic acids is 2. The lowest BCUT2D eigenvalue weighted by molar-refractivity contribution is -0.348. The SMILES string of the molecule is O=C(Nc1c(Br)cc(C(F)(C(F)(F)F)C(F)(F)F)cc1Br)c1cccc(NC(=O)c2c(F)cccc2F)c1F. The van der Waals surface area contributed by atoms with Gasteiger partial charge in [0.05, 0.1) is 16.9 Å². The summed E-state index contributed by atoms with van der Waals surface area (Å²) >= 11 is 5.32. The van der Waals surface area contributed by atoms with Gasteiger partial charge in [-0.1, -0.05) is 12.1 Å². The lowest BCUT2D eigenvalue weighted by atomic mass is 9.94. The molecule has 39 heavy (non-hydrogen) atoms. The fourth-order valence-electron chi connectivity index (χ4n) is 3.26. The Morgan fingerprint density at radius 2 is 1.18 bits per heavy atom. The van der Waals surface area contributed by atoms with Crippen molar-refractivity contribution in [3.8, 4) is 0 Å². The minimum absolute atomic E-state index is 0.136. The highest BCUT2D eigenvalue weighted by Crippen LogP contribution is 2.54. The average Bonchev–Trinajstić information content (AvgIpc) is 2.80. The highest BCUT2D eigenvalue weighted by molar-refractivity contribution is 9.11. The highest BCUT2D eigenvalue weighted by Gasteiger charge is 2.73. The second-order valence-corrected chi connectivity index (χ2v) is 9.35. The van der Waals surface area contributed by atoms with Crippen molar-refractivity contribution in [1.82, 2.24) is 0 Å². The Labute approximate surface area is 228 Å². The number of anilines is 2. The number of hydrogen-bond acceptors (Lipinski definition) is 2. The van der Waals surface area contributed by atoms with E-state index in [2.05, 4.69) is 31.9 Å². The molecule has 0 heterocycles. The van der Waals surface area contributed by atoms with Crippen LogP contribution >= 0.6 is 31.9 Å². The van der Waals surface area contributed by atoms with Gasteiger partial charge in [0, 0.05) is 14.5 Å². The predicted molar refractivity (Wildman–Crippen MR) is 125 cm³/mol. The van der Waals surface area contributed by atoms with Gasteiger partial charge in [0.1, 0.15) is 17.2 Å². The Bertz CT molecular complexity index is 1400. The Morgan fingerprint density at radius 1 is 0.692 bits per heavy atom. The van der Waals surface area contributed by atoms with Crippen LogP contribution in [0.5, 0.6) is 0 Å². The van der Waals surface area contributed by atoms with Gasteiger partial charge in [0.25, 0.3) is 11.8 Å². The number of rotatable bonds is 5. The van der Waals surface area contributed by atoms with E-state index in [1.807, 2.05) is 10.6 Å². The van der Waals surface area contributed by atoms with Crippen LogP contribution in [0.4, 0.5) is 55.3 Å². The van der Waals surface area contributed by atoms with Gasteiger partial charge in [0.2, 0.25) is 0 Å². The number of nitrogens with one attached hydrogen (secondary N) is 2. The summed E-state index contributed by atoms with van der Waals surface area (Å²) in [5, 5.41) is 3.93.